The van der Waals surface area contributed by atoms with Gasteiger partial charge in [0.1, 0.15) is 16.8 Å². The lowest BCUT2D eigenvalue weighted by atomic mass is 9.96. The maximum atomic E-state index is 12.8. The minimum Gasteiger partial charge on any atom is -0.316 e. The van der Waals surface area contributed by atoms with Gasteiger partial charge in [-0.2, -0.15) is 18.4 Å². The van der Waals surface area contributed by atoms with Gasteiger partial charge in [0, 0.05) is 10.6 Å². The maximum absolute atomic E-state index is 12.8. The number of hydrogen-bond donors (Lipinski definition) is 1. The fourth-order valence-electron chi connectivity index (χ4n) is 2.82. The molecule has 5 nitrogen and oxygen atoms in total. The Balaban J connectivity index is 1.68. The van der Waals surface area contributed by atoms with Crippen LogP contribution in [0.25, 0.3) is 0 Å². The van der Waals surface area contributed by atoms with Crippen molar-refractivity contribution in [2.45, 2.75) is 43.9 Å². The number of alkyl halides is 3. The number of amides is 1. The first kappa shape index (κ1) is 19.6. The minimum atomic E-state index is -4.57. The number of anilines is 1. The first-order valence-corrected chi connectivity index (χ1v) is 9.98. The van der Waals surface area contributed by atoms with Crippen LogP contribution in [0.15, 0.2) is 11.2 Å². The van der Waals surface area contributed by atoms with Crippen molar-refractivity contribution in [3.8, 4) is 6.07 Å². The molecule has 0 saturated carbocycles. The second kappa shape index (κ2) is 7.86. The van der Waals surface area contributed by atoms with Crippen LogP contribution in [0.1, 0.15) is 40.2 Å². The number of thioether (sulfide) groups is 1. The molecule has 0 radical (unpaired) electrons. The highest BCUT2D eigenvalue weighted by molar-refractivity contribution is 7.99. The van der Waals surface area contributed by atoms with Crippen molar-refractivity contribution >= 4 is 34.0 Å². The molecule has 27 heavy (non-hydrogen) atoms. The molecule has 3 rings (SSSR count). The Kier molecular flexibility index (Phi) is 5.72. The summed E-state index contributed by atoms with van der Waals surface area (Å²) in [6.45, 7) is 1.44. The Bertz CT molecular complexity index is 918. The Morgan fingerprint density at radius 3 is 2.81 bits per heavy atom. The number of carbonyl (C=O) groups excluding carboxylic acids is 1. The number of nitrogens with zero attached hydrogens (tertiary/aromatic N) is 3. The van der Waals surface area contributed by atoms with E-state index in [0.29, 0.717) is 10.6 Å². The summed E-state index contributed by atoms with van der Waals surface area (Å²) in [4.78, 5) is 20.7. The molecule has 0 saturated heterocycles. The highest BCUT2D eigenvalue weighted by Crippen LogP contribution is 2.37. The summed E-state index contributed by atoms with van der Waals surface area (Å²) in [5.74, 6) is -0.553. The highest BCUT2D eigenvalue weighted by atomic mass is 32.2. The summed E-state index contributed by atoms with van der Waals surface area (Å²) in [5, 5.41) is 12.5. The molecule has 2 aromatic rings. The number of aromatic nitrogens is 2. The normalized spacial score (nSPS) is 13.7. The Morgan fingerprint density at radius 2 is 2.11 bits per heavy atom. The summed E-state index contributed by atoms with van der Waals surface area (Å²) < 4.78 is 38.5. The first-order chi connectivity index (χ1) is 12.8. The Morgan fingerprint density at radius 1 is 1.37 bits per heavy atom. The molecule has 0 aliphatic heterocycles. The van der Waals surface area contributed by atoms with Crippen LogP contribution >= 0.6 is 23.1 Å². The van der Waals surface area contributed by atoms with Gasteiger partial charge in [-0.1, -0.05) is 11.8 Å². The summed E-state index contributed by atoms with van der Waals surface area (Å²) in [5.41, 5.74) is 0.654. The van der Waals surface area contributed by atoms with Gasteiger partial charge < -0.3 is 5.32 Å². The molecule has 0 fully saturated rings. The van der Waals surface area contributed by atoms with E-state index in [1.165, 1.54) is 18.3 Å². The van der Waals surface area contributed by atoms with Crippen molar-refractivity contribution in [3.63, 3.8) is 0 Å². The smallest absolute Gasteiger partial charge is 0.316 e. The van der Waals surface area contributed by atoms with Crippen LogP contribution in [0.3, 0.4) is 0 Å². The molecule has 2 aromatic heterocycles. The van der Waals surface area contributed by atoms with Gasteiger partial charge in [-0.15, -0.1) is 11.3 Å². The van der Waals surface area contributed by atoms with Gasteiger partial charge in [-0.25, -0.2) is 9.97 Å². The predicted molar refractivity (Wildman–Crippen MR) is 96.8 cm³/mol. The molecule has 1 aliphatic carbocycles. The topological polar surface area (TPSA) is 78.7 Å². The van der Waals surface area contributed by atoms with E-state index in [1.54, 1.807) is 0 Å². The third-order valence-corrected chi connectivity index (χ3v) is 6.05. The molecular formula is C17H15F3N4OS2. The lowest BCUT2D eigenvalue weighted by Gasteiger charge is -2.09. The highest BCUT2D eigenvalue weighted by Gasteiger charge is 2.33. The number of rotatable bonds is 4. The summed E-state index contributed by atoms with van der Waals surface area (Å²) in [6.07, 6.45) is -0.752. The molecule has 1 aliphatic rings. The number of fused-ring (bicyclic) bond motifs is 1. The van der Waals surface area contributed by atoms with Crippen LogP contribution < -0.4 is 5.32 Å². The second-order valence-corrected chi connectivity index (χ2v) is 8.09. The third kappa shape index (κ3) is 4.59. The lowest BCUT2D eigenvalue weighted by Crippen LogP contribution is -2.15. The zero-order chi connectivity index (χ0) is 19.6. The van der Waals surface area contributed by atoms with Crippen LogP contribution in [0.4, 0.5) is 18.2 Å². The molecule has 1 amide bonds. The van der Waals surface area contributed by atoms with Gasteiger partial charge in [-0.05, 0) is 44.2 Å². The van der Waals surface area contributed by atoms with E-state index in [4.69, 9.17) is 0 Å². The zero-order valence-corrected chi connectivity index (χ0v) is 15.9. The monoisotopic (exact) mass is 412 g/mol. The SMILES string of the molecule is Cc1cc(C(F)(F)F)nc(SCC(=O)Nc2sc3c(c2C#N)CCCC3)n1. The van der Waals surface area contributed by atoms with Crippen LogP contribution in [0.5, 0.6) is 0 Å². The fourth-order valence-corrected chi connectivity index (χ4v) is 4.78. The van der Waals surface area contributed by atoms with Crippen molar-refractivity contribution < 1.29 is 18.0 Å². The average Bonchev–Trinajstić information content (AvgIpc) is 2.95. The lowest BCUT2D eigenvalue weighted by molar-refractivity contribution is -0.141. The molecule has 0 unspecified atom stereocenters. The van der Waals surface area contributed by atoms with Crippen LogP contribution in [0.2, 0.25) is 0 Å². The quantitative estimate of drug-likeness (QED) is 0.597. The van der Waals surface area contributed by atoms with Gasteiger partial charge >= 0.3 is 6.18 Å². The number of hydrogen-bond acceptors (Lipinski definition) is 6. The van der Waals surface area contributed by atoms with Crippen molar-refractivity contribution in [1.82, 2.24) is 9.97 Å². The Hall–Kier alpha value is -2.12. The molecule has 142 valence electrons. The number of nitrogens with one attached hydrogen (secondary N) is 1. The van der Waals surface area contributed by atoms with E-state index in [0.717, 1.165) is 54.0 Å². The zero-order valence-electron chi connectivity index (χ0n) is 14.3. The first-order valence-electron chi connectivity index (χ1n) is 8.18. The van der Waals surface area contributed by atoms with Gasteiger partial charge in [0.05, 0.1) is 11.3 Å². The molecular weight excluding hydrogens is 397 g/mol. The number of aryl methyl sites for hydroxylation is 2. The maximum Gasteiger partial charge on any atom is 0.433 e. The largest absolute Gasteiger partial charge is 0.433 e. The summed E-state index contributed by atoms with van der Waals surface area (Å²) in [7, 11) is 0. The van der Waals surface area contributed by atoms with Crippen LogP contribution in [-0.2, 0) is 23.8 Å². The van der Waals surface area contributed by atoms with Crippen molar-refractivity contribution in [1.29, 1.82) is 5.26 Å². The second-order valence-electron chi connectivity index (χ2n) is 6.04. The van der Waals surface area contributed by atoms with E-state index in [2.05, 4.69) is 21.4 Å². The molecule has 2 heterocycles. The number of carbonyl (C=O) groups is 1. The summed E-state index contributed by atoms with van der Waals surface area (Å²) in [6, 6.07) is 3.01. The van der Waals surface area contributed by atoms with Gasteiger partial charge in [0.25, 0.3) is 0 Å². The van der Waals surface area contributed by atoms with Gasteiger partial charge in [0.2, 0.25) is 5.91 Å². The molecule has 1 N–H and O–H groups in total. The molecule has 0 bridgehead atoms. The number of nitriles is 1. The third-order valence-electron chi connectivity index (χ3n) is 3.99. The number of halogens is 3. The van der Waals surface area contributed by atoms with Crippen molar-refractivity contribution in [2.24, 2.45) is 0 Å². The molecule has 0 spiro atoms. The molecule has 0 atom stereocenters. The Labute approximate surface area is 162 Å². The minimum absolute atomic E-state index is 0.108. The standard InChI is InChI=1S/C17H15F3N4OS2/c1-9-6-13(17(18,19)20)23-16(22-9)26-8-14(25)24-15-11(7-21)10-4-2-3-5-12(10)27-15/h6H,2-5,8H2,1H3,(H,24,25). The van der Waals surface area contributed by atoms with E-state index < -0.39 is 17.8 Å². The average molecular weight is 412 g/mol. The van der Waals surface area contributed by atoms with Gasteiger partial charge in [0.15, 0.2) is 5.16 Å². The van der Waals surface area contributed by atoms with Crippen LogP contribution in [-0.4, -0.2) is 21.6 Å². The van der Waals surface area contributed by atoms with E-state index >= 15 is 0 Å². The number of thiophene rings is 1. The van der Waals surface area contributed by atoms with Crippen molar-refractivity contribution in [2.75, 3.05) is 11.1 Å². The van der Waals surface area contributed by atoms with Crippen LogP contribution in [0, 0.1) is 18.3 Å². The molecule has 0 aromatic carbocycles. The van der Waals surface area contributed by atoms with Crippen molar-refractivity contribution in [3.05, 3.63) is 33.5 Å². The van der Waals surface area contributed by atoms with Gasteiger partial charge in [-0.3, -0.25) is 4.79 Å². The molecule has 10 heteroatoms. The predicted octanol–water partition coefficient (Wildman–Crippen LogP) is 4.35. The van der Waals surface area contributed by atoms with E-state index in [9.17, 15) is 23.2 Å². The van der Waals surface area contributed by atoms with E-state index in [-0.39, 0.29) is 16.6 Å². The van der Waals surface area contributed by atoms with E-state index in [1.807, 2.05) is 0 Å². The fraction of sp³-hybridized carbons (Fsp3) is 0.412. The summed E-state index contributed by atoms with van der Waals surface area (Å²) >= 11 is 2.23.